The molecule has 0 bridgehead atoms. The first-order chi connectivity index (χ1) is 7.50. The molecule has 0 atom stereocenters. The number of allylic oxidation sites excluding steroid dienone is 5. The van der Waals surface area contributed by atoms with Gasteiger partial charge in [-0.15, -0.1) is 0 Å². The van der Waals surface area contributed by atoms with Gasteiger partial charge in [0.2, 0.25) is 0 Å². The number of hydrogen-bond acceptors (Lipinski definition) is 0. The first-order valence-electron chi connectivity index (χ1n) is 5.27. The van der Waals surface area contributed by atoms with E-state index in [1.807, 2.05) is 51.1 Å². The number of rotatable bonds is 3. The average Bonchev–Trinajstić information content (AvgIpc) is 2.20. The SMILES string of the molecule is C=C(F)/C(=C\C=C(C)C)c1ccc(C)cc1. The minimum atomic E-state index is -0.402. The minimum absolute atomic E-state index is 0.402. The molecule has 0 N–H and O–H groups in total. The van der Waals surface area contributed by atoms with Crippen molar-refractivity contribution in [2.24, 2.45) is 0 Å². The van der Waals surface area contributed by atoms with Crippen molar-refractivity contribution >= 4 is 5.57 Å². The summed E-state index contributed by atoms with van der Waals surface area (Å²) in [5.74, 6) is -0.402. The molecule has 0 aliphatic rings. The third-order valence-electron chi connectivity index (χ3n) is 2.24. The molecule has 0 nitrogen and oxygen atoms in total. The van der Waals surface area contributed by atoms with Crippen LogP contribution in [-0.4, -0.2) is 0 Å². The Morgan fingerprint density at radius 1 is 1.12 bits per heavy atom. The highest BCUT2D eigenvalue weighted by atomic mass is 19.1. The Kier molecular flexibility index (Phi) is 4.24. The zero-order valence-corrected chi connectivity index (χ0v) is 10.0. The lowest BCUT2D eigenvalue weighted by molar-refractivity contribution is 0.678. The highest BCUT2D eigenvalue weighted by Gasteiger charge is 2.03. The number of aryl methyl sites for hydroxylation is 1. The number of halogens is 1. The predicted octanol–water partition coefficient (Wildman–Crippen LogP) is 4.83. The van der Waals surface area contributed by atoms with Gasteiger partial charge < -0.3 is 0 Å². The lowest BCUT2D eigenvalue weighted by Gasteiger charge is -2.04. The van der Waals surface area contributed by atoms with Crippen LogP contribution in [0.2, 0.25) is 0 Å². The molecule has 0 spiro atoms. The van der Waals surface area contributed by atoms with Gasteiger partial charge in [-0.3, -0.25) is 0 Å². The van der Waals surface area contributed by atoms with Crippen molar-refractivity contribution in [3.8, 4) is 0 Å². The largest absolute Gasteiger partial charge is 0.207 e. The molecule has 0 radical (unpaired) electrons. The first kappa shape index (κ1) is 12.4. The molecule has 0 unspecified atom stereocenters. The van der Waals surface area contributed by atoms with E-state index in [0.717, 1.165) is 16.7 Å². The maximum Gasteiger partial charge on any atom is 0.123 e. The summed E-state index contributed by atoms with van der Waals surface area (Å²) in [6.07, 6.45) is 3.66. The van der Waals surface area contributed by atoms with E-state index >= 15 is 0 Å². The van der Waals surface area contributed by atoms with Gasteiger partial charge in [0.25, 0.3) is 0 Å². The Morgan fingerprint density at radius 2 is 1.69 bits per heavy atom. The van der Waals surface area contributed by atoms with E-state index in [1.54, 1.807) is 6.08 Å². The van der Waals surface area contributed by atoms with Gasteiger partial charge >= 0.3 is 0 Å². The highest BCUT2D eigenvalue weighted by Crippen LogP contribution is 2.23. The molecule has 1 aromatic rings. The molecule has 1 rings (SSSR count). The minimum Gasteiger partial charge on any atom is -0.207 e. The normalized spacial score (nSPS) is 11.1. The maximum atomic E-state index is 13.3. The van der Waals surface area contributed by atoms with E-state index in [1.165, 1.54) is 0 Å². The van der Waals surface area contributed by atoms with E-state index < -0.39 is 5.83 Å². The van der Waals surface area contributed by atoms with Crippen LogP contribution in [0.3, 0.4) is 0 Å². The number of hydrogen-bond donors (Lipinski definition) is 0. The molecule has 0 heterocycles. The van der Waals surface area contributed by atoms with E-state index in [9.17, 15) is 4.39 Å². The molecule has 1 heteroatoms. The van der Waals surface area contributed by atoms with Crippen molar-refractivity contribution in [1.29, 1.82) is 0 Å². The van der Waals surface area contributed by atoms with Gasteiger partial charge in [0, 0.05) is 5.57 Å². The van der Waals surface area contributed by atoms with Crippen LogP contribution >= 0.6 is 0 Å². The maximum absolute atomic E-state index is 13.3. The van der Waals surface area contributed by atoms with Gasteiger partial charge in [-0.05, 0) is 26.3 Å². The zero-order valence-electron chi connectivity index (χ0n) is 10.0. The Hall–Kier alpha value is -1.63. The van der Waals surface area contributed by atoms with Crippen LogP contribution in [0.25, 0.3) is 5.57 Å². The first-order valence-corrected chi connectivity index (χ1v) is 5.27. The number of benzene rings is 1. The van der Waals surface area contributed by atoms with Crippen molar-refractivity contribution in [3.05, 3.63) is 65.5 Å². The summed E-state index contributed by atoms with van der Waals surface area (Å²) >= 11 is 0. The molecule has 0 aliphatic carbocycles. The summed E-state index contributed by atoms with van der Waals surface area (Å²) in [6.45, 7) is 9.33. The molecule has 1 aromatic carbocycles. The van der Waals surface area contributed by atoms with Crippen LogP contribution in [0.15, 0.2) is 54.4 Å². The lowest BCUT2D eigenvalue weighted by Crippen LogP contribution is -1.85. The van der Waals surface area contributed by atoms with Gasteiger partial charge in [0.05, 0.1) is 0 Å². The second-order valence-corrected chi connectivity index (χ2v) is 4.10. The quantitative estimate of drug-likeness (QED) is 0.635. The van der Waals surface area contributed by atoms with Crippen molar-refractivity contribution < 1.29 is 4.39 Å². The Balaban J connectivity index is 3.13. The summed E-state index contributed by atoms with van der Waals surface area (Å²) in [7, 11) is 0. The van der Waals surface area contributed by atoms with Crippen LogP contribution in [0.1, 0.15) is 25.0 Å². The Labute approximate surface area is 96.8 Å². The van der Waals surface area contributed by atoms with Crippen LogP contribution in [0.5, 0.6) is 0 Å². The molecule has 16 heavy (non-hydrogen) atoms. The molecule has 0 saturated carbocycles. The van der Waals surface area contributed by atoms with E-state index in [4.69, 9.17) is 0 Å². The van der Waals surface area contributed by atoms with Crippen molar-refractivity contribution in [1.82, 2.24) is 0 Å². The van der Waals surface area contributed by atoms with E-state index in [2.05, 4.69) is 6.58 Å². The lowest BCUT2D eigenvalue weighted by atomic mass is 10.0. The summed E-state index contributed by atoms with van der Waals surface area (Å²) in [5, 5.41) is 0. The van der Waals surface area contributed by atoms with Crippen molar-refractivity contribution in [2.45, 2.75) is 20.8 Å². The van der Waals surface area contributed by atoms with Gasteiger partial charge in [0.15, 0.2) is 0 Å². The van der Waals surface area contributed by atoms with Gasteiger partial charge in [-0.1, -0.05) is 54.1 Å². The topological polar surface area (TPSA) is 0 Å². The van der Waals surface area contributed by atoms with Gasteiger partial charge in [0.1, 0.15) is 5.83 Å². The second-order valence-electron chi connectivity index (χ2n) is 4.10. The summed E-state index contributed by atoms with van der Waals surface area (Å²) in [4.78, 5) is 0. The molecule has 0 saturated heterocycles. The van der Waals surface area contributed by atoms with Gasteiger partial charge in [-0.2, -0.15) is 0 Å². The molecular formula is C15H17F. The zero-order chi connectivity index (χ0) is 12.1. The standard InChI is InChI=1S/C15H17F/c1-11(2)5-10-15(13(4)16)14-8-6-12(3)7-9-14/h5-10H,4H2,1-3H3/b15-10+. The summed E-state index contributed by atoms with van der Waals surface area (Å²) in [5.41, 5.74) is 3.69. The third-order valence-corrected chi connectivity index (χ3v) is 2.24. The monoisotopic (exact) mass is 216 g/mol. The van der Waals surface area contributed by atoms with Crippen molar-refractivity contribution in [3.63, 3.8) is 0 Å². The Bertz CT molecular complexity index is 429. The van der Waals surface area contributed by atoms with E-state index in [0.29, 0.717) is 5.57 Å². The average molecular weight is 216 g/mol. The van der Waals surface area contributed by atoms with Crippen LogP contribution in [-0.2, 0) is 0 Å². The fourth-order valence-electron chi connectivity index (χ4n) is 1.33. The fraction of sp³-hybridized carbons (Fsp3) is 0.200. The molecule has 84 valence electrons. The molecule has 0 amide bonds. The van der Waals surface area contributed by atoms with Crippen molar-refractivity contribution in [2.75, 3.05) is 0 Å². The smallest absolute Gasteiger partial charge is 0.123 e. The second kappa shape index (κ2) is 5.45. The third kappa shape index (κ3) is 3.50. The molecule has 0 fully saturated rings. The highest BCUT2D eigenvalue weighted by molar-refractivity contribution is 5.77. The molecule has 0 aromatic heterocycles. The summed E-state index contributed by atoms with van der Waals surface area (Å²) < 4.78 is 13.3. The Morgan fingerprint density at radius 3 is 2.12 bits per heavy atom. The fourth-order valence-corrected chi connectivity index (χ4v) is 1.33. The van der Waals surface area contributed by atoms with E-state index in [-0.39, 0.29) is 0 Å². The molecular weight excluding hydrogens is 199 g/mol. The molecule has 0 aliphatic heterocycles. The van der Waals surface area contributed by atoms with Gasteiger partial charge in [-0.25, -0.2) is 4.39 Å². The van der Waals surface area contributed by atoms with Crippen LogP contribution < -0.4 is 0 Å². The predicted molar refractivity (Wildman–Crippen MR) is 68.8 cm³/mol. The van der Waals surface area contributed by atoms with Crippen LogP contribution in [0.4, 0.5) is 4.39 Å². The summed E-state index contributed by atoms with van der Waals surface area (Å²) in [6, 6.07) is 7.75. The van der Waals surface area contributed by atoms with Crippen LogP contribution in [0, 0.1) is 6.92 Å².